The Labute approximate surface area is 212 Å². The van der Waals surface area contributed by atoms with E-state index < -0.39 is 0 Å². The van der Waals surface area contributed by atoms with Gasteiger partial charge in [-0.3, -0.25) is 15.6 Å². The van der Waals surface area contributed by atoms with Crippen LogP contribution >= 0.6 is 24.4 Å². The van der Waals surface area contributed by atoms with Crippen molar-refractivity contribution in [3.05, 3.63) is 71.3 Å². The highest BCUT2D eigenvalue weighted by Crippen LogP contribution is 2.12. The average molecular weight is 497 g/mol. The Bertz CT molecular complexity index is 1010. The normalized spacial score (nSPS) is 11.5. The molecule has 0 heterocycles. The van der Waals surface area contributed by atoms with Crippen molar-refractivity contribution in [2.45, 2.75) is 27.7 Å². The molecule has 0 saturated carbocycles. The highest BCUT2D eigenvalue weighted by Gasteiger charge is 2.17. The molecule has 9 heteroatoms. The molecule has 0 bridgehead atoms. The third-order valence-corrected chi connectivity index (χ3v) is 5.92. The van der Waals surface area contributed by atoms with Gasteiger partial charge in [0.25, 0.3) is 0 Å². The van der Waals surface area contributed by atoms with Crippen LogP contribution in [0.15, 0.2) is 64.8 Å². The number of carbonyl (C=O) groups is 1. The number of nitrogens with zero attached hydrogens (tertiary/aromatic N) is 4. The zero-order chi connectivity index (χ0) is 24.9. The molecule has 7 nitrogen and oxygen atoms in total. The van der Waals surface area contributed by atoms with Gasteiger partial charge in [0.15, 0.2) is 10.2 Å². The summed E-state index contributed by atoms with van der Waals surface area (Å²) < 4.78 is 0. The van der Waals surface area contributed by atoms with Gasteiger partial charge in [-0.25, -0.2) is 0 Å². The predicted octanol–water partition coefficient (Wildman–Crippen LogP) is 4.04. The van der Waals surface area contributed by atoms with Crippen molar-refractivity contribution in [3.63, 3.8) is 0 Å². The molecule has 34 heavy (non-hydrogen) atoms. The van der Waals surface area contributed by atoms with Gasteiger partial charge >= 0.3 is 0 Å². The van der Waals surface area contributed by atoms with Crippen LogP contribution in [0.1, 0.15) is 49.2 Å². The summed E-state index contributed by atoms with van der Waals surface area (Å²) >= 11 is 11.1. The molecule has 0 fully saturated rings. The Balaban J connectivity index is 2.58. The molecule has 2 rings (SSSR count). The Morgan fingerprint density at radius 3 is 1.53 bits per heavy atom. The quantitative estimate of drug-likeness (QED) is 0.223. The number of hydrazone groups is 2. The van der Waals surface area contributed by atoms with Crippen LogP contribution in [0.5, 0.6) is 0 Å². The number of hydrogen-bond donors (Lipinski definition) is 2. The van der Waals surface area contributed by atoms with Crippen LogP contribution in [-0.4, -0.2) is 63.9 Å². The summed E-state index contributed by atoms with van der Waals surface area (Å²) in [6, 6.07) is 16.9. The fourth-order valence-electron chi connectivity index (χ4n) is 3.19. The molecule has 0 spiro atoms. The van der Waals surface area contributed by atoms with Gasteiger partial charge in [0.1, 0.15) is 17.7 Å². The second-order valence-corrected chi connectivity index (χ2v) is 7.98. The highest BCUT2D eigenvalue weighted by atomic mass is 32.1. The topological polar surface area (TPSA) is 72.3 Å². The molecule has 0 aliphatic heterocycles. The minimum absolute atomic E-state index is 0.519. The maximum atomic E-state index is 11.2. The van der Waals surface area contributed by atoms with Crippen molar-refractivity contribution in [2.24, 2.45) is 10.2 Å². The fourth-order valence-corrected chi connectivity index (χ4v) is 3.80. The highest BCUT2D eigenvalue weighted by molar-refractivity contribution is 7.80. The zero-order valence-corrected chi connectivity index (χ0v) is 21.7. The van der Waals surface area contributed by atoms with Crippen LogP contribution in [0, 0.1) is 0 Å². The molecule has 0 aromatic heterocycles. The van der Waals surface area contributed by atoms with Gasteiger partial charge in [0.05, 0.1) is 0 Å². The van der Waals surface area contributed by atoms with E-state index in [4.69, 9.17) is 24.4 Å². The van der Waals surface area contributed by atoms with E-state index in [2.05, 4.69) is 21.1 Å². The SMILES string of the molecule is CCN(CC)C(=S)N/N=C(/C(=N/NC(=S)N(CC)CC)c1ccc(C=O)cc1)c1ccccc1. The van der Waals surface area contributed by atoms with Gasteiger partial charge < -0.3 is 9.80 Å². The standard InChI is InChI=1S/C25H32N6OS2/c1-5-30(6-2)24(33)28-26-22(20-12-10-9-11-13-20)23(21-16-14-19(18-32)15-17-21)27-29-25(34)31(7-3)8-4/h9-18H,5-8H2,1-4H3,(H,28,33)(H,29,34)/b26-22+,27-23+. The van der Waals surface area contributed by atoms with E-state index in [0.29, 0.717) is 27.2 Å². The molecule has 0 saturated heterocycles. The summed E-state index contributed by atoms with van der Waals surface area (Å²) in [6.45, 7) is 11.2. The maximum Gasteiger partial charge on any atom is 0.189 e. The van der Waals surface area contributed by atoms with Crippen LogP contribution in [0.3, 0.4) is 0 Å². The Morgan fingerprint density at radius 1 is 0.735 bits per heavy atom. The van der Waals surface area contributed by atoms with Crippen LogP contribution in [-0.2, 0) is 0 Å². The number of rotatable bonds is 10. The van der Waals surface area contributed by atoms with Crippen LogP contribution in [0.4, 0.5) is 0 Å². The zero-order valence-electron chi connectivity index (χ0n) is 20.1. The van der Waals surface area contributed by atoms with Gasteiger partial charge in [-0.2, -0.15) is 10.2 Å². The smallest absolute Gasteiger partial charge is 0.189 e. The largest absolute Gasteiger partial charge is 0.348 e. The molecule has 0 aliphatic carbocycles. The van der Waals surface area contributed by atoms with Crippen LogP contribution in [0.25, 0.3) is 0 Å². The van der Waals surface area contributed by atoms with E-state index in [0.717, 1.165) is 43.6 Å². The molecular weight excluding hydrogens is 464 g/mol. The lowest BCUT2D eigenvalue weighted by Crippen LogP contribution is -2.39. The lowest BCUT2D eigenvalue weighted by molar-refractivity contribution is 0.112. The minimum atomic E-state index is 0.519. The van der Waals surface area contributed by atoms with Crippen molar-refractivity contribution >= 4 is 52.4 Å². The number of benzene rings is 2. The van der Waals surface area contributed by atoms with Crippen LogP contribution in [0.2, 0.25) is 0 Å². The summed E-state index contributed by atoms with van der Waals surface area (Å²) in [4.78, 5) is 15.2. The molecule has 180 valence electrons. The van der Waals surface area contributed by atoms with Gasteiger partial charge in [0, 0.05) is 42.9 Å². The lowest BCUT2D eigenvalue weighted by atomic mass is 9.99. The molecule has 0 aliphatic rings. The van der Waals surface area contributed by atoms with Crippen molar-refractivity contribution in [1.29, 1.82) is 0 Å². The van der Waals surface area contributed by atoms with E-state index in [9.17, 15) is 4.79 Å². The second kappa shape index (κ2) is 14.2. The lowest BCUT2D eigenvalue weighted by Gasteiger charge is -2.22. The first kappa shape index (κ1) is 27.1. The first-order chi connectivity index (χ1) is 16.5. The molecular formula is C25H32N6OS2. The molecule has 0 amide bonds. The molecule has 2 N–H and O–H groups in total. The van der Waals surface area contributed by atoms with Gasteiger partial charge in [-0.05, 0) is 52.1 Å². The monoisotopic (exact) mass is 496 g/mol. The van der Waals surface area contributed by atoms with Crippen molar-refractivity contribution in [3.8, 4) is 0 Å². The molecule has 0 radical (unpaired) electrons. The minimum Gasteiger partial charge on any atom is -0.348 e. The number of thiocarbonyl (C=S) groups is 2. The van der Waals surface area contributed by atoms with E-state index in [1.54, 1.807) is 12.1 Å². The van der Waals surface area contributed by atoms with Crippen molar-refractivity contribution in [1.82, 2.24) is 20.7 Å². The molecule has 2 aromatic carbocycles. The average Bonchev–Trinajstić information content (AvgIpc) is 2.88. The van der Waals surface area contributed by atoms with E-state index >= 15 is 0 Å². The molecule has 0 unspecified atom stereocenters. The summed E-state index contributed by atoms with van der Waals surface area (Å²) in [6.07, 6.45) is 0.810. The van der Waals surface area contributed by atoms with Crippen molar-refractivity contribution in [2.75, 3.05) is 26.2 Å². The van der Waals surface area contributed by atoms with Gasteiger partial charge in [-0.1, -0.05) is 54.6 Å². The summed E-state index contributed by atoms with van der Waals surface area (Å²) in [5.74, 6) is 0. The van der Waals surface area contributed by atoms with E-state index in [1.807, 2.05) is 80.0 Å². The van der Waals surface area contributed by atoms with Crippen molar-refractivity contribution < 1.29 is 4.79 Å². The maximum absolute atomic E-state index is 11.2. The third kappa shape index (κ3) is 7.43. The van der Waals surface area contributed by atoms with Crippen LogP contribution < -0.4 is 10.9 Å². The number of hydrogen-bond acceptors (Lipinski definition) is 5. The fraction of sp³-hybridized carbons (Fsp3) is 0.320. The third-order valence-electron chi connectivity index (χ3n) is 5.22. The number of carbonyl (C=O) groups excluding carboxylic acids is 1. The summed E-state index contributed by atoms with van der Waals surface area (Å²) in [7, 11) is 0. The first-order valence-electron chi connectivity index (χ1n) is 11.3. The summed E-state index contributed by atoms with van der Waals surface area (Å²) in [5, 5.41) is 10.4. The predicted molar refractivity (Wildman–Crippen MR) is 149 cm³/mol. The van der Waals surface area contributed by atoms with E-state index in [1.165, 1.54) is 0 Å². The Morgan fingerprint density at radius 2 is 1.15 bits per heavy atom. The van der Waals surface area contributed by atoms with Gasteiger partial charge in [-0.15, -0.1) is 0 Å². The molecule has 2 aromatic rings. The Kier molecular flexibility index (Phi) is 11.3. The number of aldehydes is 1. The van der Waals surface area contributed by atoms with Gasteiger partial charge in [0.2, 0.25) is 0 Å². The second-order valence-electron chi connectivity index (χ2n) is 7.21. The number of nitrogens with one attached hydrogen (secondary N) is 2. The van der Waals surface area contributed by atoms with E-state index in [-0.39, 0.29) is 0 Å². The Hall–Kier alpha value is -3.17. The molecule has 0 atom stereocenters. The summed E-state index contributed by atoms with van der Waals surface area (Å²) in [5.41, 5.74) is 9.40. The first-order valence-corrected chi connectivity index (χ1v) is 12.2.